The Morgan fingerprint density at radius 1 is 1.13 bits per heavy atom. The minimum atomic E-state index is -3.40. The summed E-state index contributed by atoms with van der Waals surface area (Å²) in [6.07, 6.45) is 6.67. The topological polar surface area (TPSA) is 75.3 Å². The molecule has 2 rings (SSSR count). The predicted octanol–water partition coefficient (Wildman–Crippen LogP) is 1.87. The standard InChI is InChI=1S/C17H32N2O3S/c1-13(2)16(23(21,22)15-8-4-3-5-9-15)17(20)19-12-14-7-6-10-18-11-14/h13-16,18H,3-12H2,1-2H3,(H,19,20). The maximum absolute atomic E-state index is 12.9. The van der Waals surface area contributed by atoms with E-state index in [0.29, 0.717) is 25.3 Å². The van der Waals surface area contributed by atoms with Crippen molar-refractivity contribution in [2.45, 2.75) is 69.3 Å². The quantitative estimate of drug-likeness (QED) is 0.771. The molecule has 0 spiro atoms. The van der Waals surface area contributed by atoms with Crippen molar-refractivity contribution in [2.75, 3.05) is 19.6 Å². The zero-order chi connectivity index (χ0) is 16.9. The lowest BCUT2D eigenvalue weighted by molar-refractivity contribution is -0.121. The van der Waals surface area contributed by atoms with Crippen molar-refractivity contribution in [1.29, 1.82) is 0 Å². The van der Waals surface area contributed by atoms with Crippen molar-refractivity contribution in [3.8, 4) is 0 Å². The number of nitrogens with one attached hydrogen (secondary N) is 2. The average Bonchev–Trinajstić information content (AvgIpc) is 2.54. The number of hydrogen-bond acceptors (Lipinski definition) is 4. The molecular formula is C17H32N2O3S. The minimum Gasteiger partial charge on any atom is -0.355 e. The Kier molecular flexibility index (Phi) is 6.89. The third-order valence-electron chi connectivity index (χ3n) is 5.20. The van der Waals surface area contributed by atoms with E-state index in [0.717, 1.165) is 45.2 Å². The zero-order valence-corrected chi connectivity index (χ0v) is 15.3. The average molecular weight is 345 g/mol. The third kappa shape index (κ3) is 4.92. The Morgan fingerprint density at radius 2 is 1.83 bits per heavy atom. The lowest BCUT2D eigenvalue weighted by Crippen LogP contribution is -2.49. The summed E-state index contributed by atoms with van der Waals surface area (Å²) in [5.74, 6) is -0.0690. The highest BCUT2D eigenvalue weighted by molar-refractivity contribution is 7.93. The summed E-state index contributed by atoms with van der Waals surface area (Å²) in [6.45, 7) is 6.20. The summed E-state index contributed by atoms with van der Waals surface area (Å²) in [7, 11) is -3.40. The van der Waals surface area contributed by atoms with Crippen molar-refractivity contribution in [2.24, 2.45) is 11.8 Å². The normalized spacial score (nSPS) is 25.3. The third-order valence-corrected chi connectivity index (χ3v) is 8.07. The molecule has 134 valence electrons. The van der Waals surface area contributed by atoms with Crippen molar-refractivity contribution >= 4 is 15.7 Å². The summed E-state index contributed by atoms with van der Waals surface area (Å²) in [4.78, 5) is 12.6. The van der Waals surface area contributed by atoms with Gasteiger partial charge in [-0.05, 0) is 50.6 Å². The van der Waals surface area contributed by atoms with Crippen LogP contribution in [-0.2, 0) is 14.6 Å². The highest BCUT2D eigenvalue weighted by Crippen LogP contribution is 2.29. The van der Waals surface area contributed by atoms with Gasteiger partial charge < -0.3 is 10.6 Å². The smallest absolute Gasteiger partial charge is 0.238 e. The van der Waals surface area contributed by atoms with E-state index in [4.69, 9.17) is 0 Å². The molecule has 1 aliphatic carbocycles. The second kappa shape index (κ2) is 8.47. The van der Waals surface area contributed by atoms with Gasteiger partial charge in [0.2, 0.25) is 5.91 Å². The molecule has 2 fully saturated rings. The molecule has 2 atom stereocenters. The van der Waals surface area contributed by atoms with Crippen LogP contribution >= 0.6 is 0 Å². The van der Waals surface area contributed by atoms with Gasteiger partial charge in [0.15, 0.2) is 9.84 Å². The Balaban J connectivity index is 1.99. The Labute approximate surface area is 140 Å². The molecule has 2 unspecified atom stereocenters. The molecule has 1 saturated carbocycles. The second-order valence-electron chi connectivity index (χ2n) is 7.47. The Hall–Kier alpha value is -0.620. The first kappa shape index (κ1) is 18.7. The van der Waals surface area contributed by atoms with Crippen molar-refractivity contribution in [3.63, 3.8) is 0 Å². The zero-order valence-electron chi connectivity index (χ0n) is 14.5. The number of piperidine rings is 1. The predicted molar refractivity (Wildman–Crippen MR) is 93.0 cm³/mol. The van der Waals surface area contributed by atoms with Crippen LogP contribution in [0.3, 0.4) is 0 Å². The Morgan fingerprint density at radius 3 is 2.39 bits per heavy atom. The summed E-state index contributed by atoms with van der Waals surface area (Å²) in [6, 6.07) is 0. The van der Waals surface area contributed by atoms with Crippen LogP contribution in [0.4, 0.5) is 0 Å². The minimum absolute atomic E-state index is 0.189. The van der Waals surface area contributed by atoms with Crippen LogP contribution in [0.25, 0.3) is 0 Å². The van der Waals surface area contributed by atoms with E-state index in [-0.39, 0.29) is 17.1 Å². The van der Waals surface area contributed by atoms with Crippen LogP contribution in [0.15, 0.2) is 0 Å². The first-order valence-electron chi connectivity index (χ1n) is 9.14. The molecule has 1 amide bonds. The molecule has 1 aliphatic heterocycles. The van der Waals surface area contributed by atoms with Crippen LogP contribution < -0.4 is 10.6 Å². The summed E-state index contributed by atoms with van der Waals surface area (Å²) < 4.78 is 25.9. The van der Waals surface area contributed by atoms with Crippen LogP contribution in [0.5, 0.6) is 0 Å². The monoisotopic (exact) mass is 344 g/mol. The van der Waals surface area contributed by atoms with Gasteiger partial charge in [0.1, 0.15) is 5.25 Å². The summed E-state index contributed by atoms with van der Waals surface area (Å²) in [5, 5.41) is 5.02. The first-order chi connectivity index (χ1) is 10.9. The van der Waals surface area contributed by atoms with Gasteiger partial charge in [-0.1, -0.05) is 33.1 Å². The highest BCUT2D eigenvalue weighted by Gasteiger charge is 2.41. The first-order valence-corrected chi connectivity index (χ1v) is 10.7. The number of hydrogen-bond donors (Lipinski definition) is 2. The molecule has 6 heteroatoms. The van der Waals surface area contributed by atoms with Gasteiger partial charge in [-0.3, -0.25) is 4.79 Å². The van der Waals surface area contributed by atoms with Gasteiger partial charge in [-0.25, -0.2) is 8.42 Å². The molecule has 1 heterocycles. The van der Waals surface area contributed by atoms with E-state index in [1.54, 1.807) is 0 Å². The number of carbonyl (C=O) groups is 1. The molecule has 0 aromatic heterocycles. The van der Waals surface area contributed by atoms with E-state index in [2.05, 4.69) is 10.6 Å². The van der Waals surface area contributed by atoms with Crippen molar-refractivity contribution in [3.05, 3.63) is 0 Å². The summed E-state index contributed by atoms with van der Waals surface area (Å²) in [5.41, 5.74) is 0. The molecule has 23 heavy (non-hydrogen) atoms. The fourth-order valence-corrected chi connectivity index (χ4v) is 6.42. The Bertz CT molecular complexity index is 478. The van der Waals surface area contributed by atoms with Gasteiger partial charge in [0.25, 0.3) is 0 Å². The van der Waals surface area contributed by atoms with E-state index < -0.39 is 15.1 Å². The van der Waals surface area contributed by atoms with E-state index in [1.165, 1.54) is 0 Å². The highest BCUT2D eigenvalue weighted by atomic mass is 32.2. The SMILES string of the molecule is CC(C)C(C(=O)NCC1CCCNC1)S(=O)(=O)C1CCCCC1. The maximum Gasteiger partial charge on any atom is 0.238 e. The molecular weight excluding hydrogens is 312 g/mol. The molecule has 0 aromatic rings. The van der Waals surface area contributed by atoms with E-state index in [1.807, 2.05) is 13.8 Å². The fourth-order valence-electron chi connectivity index (χ4n) is 3.88. The van der Waals surface area contributed by atoms with Crippen LogP contribution in [0.1, 0.15) is 58.8 Å². The molecule has 2 N–H and O–H groups in total. The van der Waals surface area contributed by atoms with Crippen LogP contribution in [0, 0.1) is 11.8 Å². The number of carbonyl (C=O) groups excluding carboxylic acids is 1. The van der Waals surface area contributed by atoms with Crippen molar-refractivity contribution < 1.29 is 13.2 Å². The van der Waals surface area contributed by atoms with E-state index >= 15 is 0 Å². The number of rotatable bonds is 6. The van der Waals surface area contributed by atoms with Gasteiger partial charge in [-0.2, -0.15) is 0 Å². The van der Waals surface area contributed by atoms with Gasteiger partial charge in [0.05, 0.1) is 5.25 Å². The largest absolute Gasteiger partial charge is 0.355 e. The second-order valence-corrected chi connectivity index (χ2v) is 9.82. The van der Waals surface area contributed by atoms with Gasteiger partial charge in [-0.15, -0.1) is 0 Å². The van der Waals surface area contributed by atoms with E-state index in [9.17, 15) is 13.2 Å². The molecule has 1 saturated heterocycles. The van der Waals surface area contributed by atoms with Crippen LogP contribution in [-0.4, -0.2) is 44.5 Å². The van der Waals surface area contributed by atoms with Gasteiger partial charge >= 0.3 is 0 Å². The molecule has 0 aromatic carbocycles. The molecule has 2 aliphatic rings. The maximum atomic E-state index is 12.9. The lowest BCUT2D eigenvalue weighted by atomic mass is 9.99. The van der Waals surface area contributed by atoms with Crippen LogP contribution in [0.2, 0.25) is 0 Å². The molecule has 5 nitrogen and oxygen atoms in total. The number of sulfone groups is 1. The molecule has 0 radical (unpaired) electrons. The molecule has 0 bridgehead atoms. The summed E-state index contributed by atoms with van der Waals surface area (Å²) >= 11 is 0. The number of amides is 1. The lowest BCUT2D eigenvalue weighted by Gasteiger charge is -2.29. The van der Waals surface area contributed by atoms with Gasteiger partial charge in [0, 0.05) is 6.54 Å². The van der Waals surface area contributed by atoms with Crippen molar-refractivity contribution in [1.82, 2.24) is 10.6 Å². The fraction of sp³-hybridized carbons (Fsp3) is 0.941.